The lowest BCUT2D eigenvalue weighted by molar-refractivity contribution is 0.181. The minimum absolute atomic E-state index is 0.0348. The molecule has 0 fully saturated rings. The molecule has 4 nitrogen and oxygen atoms in total. The number of thiophene rings is 1. The van der Waals surface area contributed by atoms with Gasteiger partial charge in [-0.1, -0.05) is 0 Å². The van der Waals surface area contributed by atoms with E-state index in [0.29, 0.717) is 12.5 Å². The number of rotatable bonds is 5. The third-order valence-corrected chi connectivity index (χ3v) is 5.80. The first-order chi connectivity index (χ1) is 10.2. The normalized spacial score (nSPS) is 19.5. The minimum Gasteiger partial charge on any atom is -0.383 e. The van der Waals surface area contributed by atoms with Crippen molar-refractivity contribution >= 4 is 27.3 Å². The molecule has 2 aromatic rings. The van der Waals surface area contributed by atoms with E-state index in [-0.39, 0.29) is 6.04 Å². The van der Waals surface area contributed by atoms with Crippen LogP contribution in [-0.2, 0) is 17.7 Å². The van der Waals surface area contributed by atoms with Crippen LogP contribution >= 0.6 is 27.3 Å². The summed E-state index contributed by atoms with van der Waals surface area (Å²) in [7, 11) is 1.71. The Balaban J connectivity index is 1.89. The van der Waals surface area contributed by atoms with E-state index in [0.717, 1.165) is 23.1 Å². The summed E-state index contributed by atoms with van der Waals surface area (Å²) in [5.74, 6) is 0.384. The van der Waals surface area contributed by atoms with Crippen molar-refractivity contribution in [1.29, 1.82) is 0 Å². The third kappa shape index (κ3) is 2.95. The summed E-state index contributed by atoms with van der Waals surface area (Å²) in [5, 5.41) is 6.61. The van der Waals surface area contributed by atoms with Crippen LogP contribution in [0.2, 0.25) is 0 Å². The van der Waals surface area contributed by atoms with Crippen molar-refractivity contribution in [3.8, 4) is 0 Å². The van der Waals surface area contributed by atoms with Crippen LogP contribution in [0.25, 0.3) is 0 Å². The lowest BCUT2D eigenvalue weighted by atomic mass is 9.81. The van der Waals surface area contributed by atoms with Crippen LogP contribution in [0.15, 0.2) is 22.1 Å². The molecule has 0 amide bonds. The van der Waals surface area contributed by atoms with Gasteiger partial charge in [0.1, 0.15) is 0 Å². The SMILES string of the molecule is COCCn1ncc(Br)c1C(N)C1CCCc2sccc21. The van der Waals surface area contributed by atoms with Crippen LogP contribution in [0.5, 0.6) is 0 Å². The number of methoxy groups -OCH3 is 1. The Labute approximate surface area is 137 Å². The number of fused-ring (bicyclic) bond motifs is 1. The van der Waals surface area contributed by atoms with Crippen molar-refractivity contribution in [3.63, 3.8) is 0 Å². The highest BCUT2D eigenvalue weighted by Gasteiger charge is 2.30. The predicted octanol–water partition coefficient (Wildman–Crippen LogP) is 3.47. The van der Waals surface area contributed by atoms with E-state index in [1.807, 2.05) is 22.2 Å². The molecule has 1 aliphatic rings. The zero-order chi connectivity index (χ0) is 14.8. The van der Waals surface area contributed by atoms with E-state index in [1.165, 1.54) is 23.3 Å². The van der Waals surface area contributed by atoms with Gasteiger partial charge in [0.05, 0.1) is 35.6 Å². The number of hydrogen-bond donors (Lipinski definition) is 1. The van der Waals surface area contributed by atoms with Crippen molar-refractivity contribution in [3.05, 3.63) is 38.3 Å². The molecule has 0 aromatic carbocycles. The average molecular weight is 370 g/mol. The van der Waals surface area contributed by atoms with E-state index < -0.39 is 0 Å². The van der Waals surface area contributed by atoms with Crippen LogP contribution in [0.4, 0.5) is 0 Å². The Kier molecular flexibility index (Phi) is 4.78. The second-order valence-electron chi connectivity index (χ2n) is 5.42. The van der Waals surface area contributed by atoms with E-state index >= 15 is 0 Å². The van der Waals surface area contributed by atoms with Gasteiger partial charge in [0.2, 0.25) is 0 Å². The molecule has 2 N–H and O–H groups in total. The molecular formula is C15H20BrN3OS. The lowest BCUT2D eigenvalue weighted by Gasteiger charge is -2.29. The van der Waals surface area contributed by atoms with Crippen molar-refractivity contribution in [2.24, 2.45) is 5.73 Å². The molecule has 2 aromatic heterocycles. The maximum Gasteiger partial charge on any atom is 0.0700 e. The maximum absolute atomic E-state index is 6.63. The lowest BCUT2D eigenvalue weighted by Crippen LogP contribution is -2.26. The Bertz CT molecular complexity index is 610. The predicted molar refractivity (Wildman–Crippen MR) is 88.7 cm³/mol. The van der Waals surface area contributed by atoms with Crippen LogP contribution in [0, 0.1) is 0 Å². The number of aryl methyl sites for hydroxylation is 1. The molecule has 0 aliphatic heterocycles. The Morgan fingerprint density at radius 1 is 1.62 bits per heavy atom. The molecule has 6 heteroatoms. The van der Waals surface area contributed by atoms with E-state index in [9.17, 15) is 0 Å². The zero-order valence-electron chi connectivity index (χ0n) is 12.1. The molecule has 2 unspecified atom stereocenters. The van der Waals surface area contributed by atoms with E-state index in [1.54, 1.807) is 7.11 Å². The topological polar surface area (TPSA) is 53.1 Å². The second kappa shape index (κ2) is 6.60. The van der Waals surface area contributed by atoms with Gasteiger partial charge in [0, 0.05) is 17.9 Å². The smallest absolute Gasteiger partial charge is 0.0700 e. The molecule has 0 spiro atoms. The number of hydrogen-bond acceptors (Lipinski definition) is 4. The maximum atomic E-state index is 6.63. The fraction of sp³-hybridized carbons (Fsp3) is 0.533. The molecule has 0 radical (unpaired) electrons. The fourth-order valence-electron chi connectivity index (χ4n) is 3.14. The van der Waals surface area contributed by atoms with Crippen LogP contribution in [0.3, 0.4) is 0 Å². The highest BCUT2D eigenvalue weighted by molar-refractivity contribution is 9.10. The van der Waals surface area contributed by atoms with Crippen LogP contribution < -0.4 is 5.73 Å². The first-order valence-electron chi connectivity index (χ1n) is 7.24. The highest BCUT2D eigenvalue weighted by atomic mass is 79.9. The molecule has 2 atom stereocenters. The summed E-state index contributed by atoms with van der Waals surface area (Å²) in [5.41, 5.74) is 9.15. The molecule has 2 heterocycles. The molecule has 0 bridgehead atoms. The number of halogens is 1. The zero-order valence-corrected chi connectivity index (χ0v) is 14.5. The quantitative estimate of drug-likeness (QED) is 0.877. The van der Waals surface area contributed by atoms with Crippen molar-refractivity contribution in [2.45, 2.75) is 37.8 Å². The first-order valence-corrected chi connectivity index (χ1v) is 8.91. The standard InChI is InChI=1S/C15H20BrN3OS/c1-20-7-6-19-15(12(16)9-18-19)14(17)11-3-2-4-13-10(11)5-8-21-13/h5,8-9,11,14H,2-4,6-7,17H2,1H3. The van der Waals surface area contributed by atoms with Crippen LogP contribution in [0.1, 0.15) is 40.9 Å². The van der Waals surface area contributed by atoms with Gasteiger partial charge >= 0.3 is 0 Å². The molecule has 21 heavy (non-hydrogen) atoms. The molecule has 0 saturated carbocycles. The number of nitrogens with two attached hydrogens (primary N) is 1. The third-order valence-electron chi connectivity index (χ3n) is 4.19. The molecular weight excluding hydrogens is 350 g/mol. The summed E-state index contributed by atoms with van der Waals surface area (Å²) in [6, 6.07) is 2.21. The number of ether oxygens (including phenoxy) is 1. The average Bonchev–Trinajstić information content (AvgIpc) is 3.10. The largest absolute Gasteiger partial charge is 0.383 e. The van der Waals surface area contributed by atoms with Gasteiger partial charge in [-0.05, 0) is 52.2 Å². The highest BCUT2D eigenvalue weighted by Crippen LogP contribution is 2.42. The summed E-state index contributed by atoms with van der Waals surface area (Å²) in [6.45, 7) is 1.37. The molecule has 114 valence electrons. The first kappa shape index (κ1) is 15.2. The van der Waals surface area contributed by atoms with Gasteiger partial charge < -0.3 is 10.5 Å². The Morgan fingerprint density at radius 3 is 3.29 bits per heavy atom. The van der Waals surface area contributed by atoms with Crippen LogP contribution in [-0.4, -0.2) is 23.5 Å². The van der Waals surface area contributed by atoms with E-state index in [2.05, 4.69) is 32.5 Å². The van der Waals surface area contributed by atoms with E-state index in [4.69, 9.17) is 10.5 Å². The Morgan fingerprint density at radius 2 is 2.48 bits per heavy atom. The van der Waals surface area contributed by atoms with Gasteiger partial charge in [-0.15, -0.1) is 11.3 Å². The Hall–Kier alpha value is -0.690. The minimum atomic E-state index is -0.0348. The monoisotopic (exact) mass is 369 g/mol. The summed E-state index contributed by atoms with van der Waals surface area (Å²) >= 11 is 5.46. The summed E-state index contributed by atoms with van der Waals surface area (Å²) < 4.78 is 8.13. The van der Waals surface area contributed by atoms with Gasteiger partial charge in [-0.2, -0.15) is 5.10 Å². The molecule has 3 rings (SSSR count). The fourth-order valence-corrected chi connectivity index (χ4v) is 4.70. The van der Waals surface area contributed by atoms with Crippen molar-refractivity contribution in [1.82, 2.24) is 9.78 Å². The van der Waals surface area contributed by atoms with Gasteiger partial charge in [-0.25, -0.2) is 0 Å². The second-order valence-corrected chi connectivity index (χ2v) is 7.27. The number of nitrogens with zero attached hydrogens (tertiary/aromatic N) is 2. The van der Waals surface area contributed by atoms with Gasteiger partial charge in [-0.3, -0.25) is 4.68 Å². The number of aromatic nitrogens is 2. The molecule has 0 saturated heterocycles. The summed E-state index contributed by atoms with van der Waals surface area (Å²) in [6.07, 6.45) is 5.39. The summed E-state index contributed by atoms with van der Waals surface area (Å²) in [4.78, 5) is 1.50. The van der Waals surface area contributed by atoms with Crippen molar-refractivity contribution in [2.75, 3.05) is 13.7 Å². The molecule has 1 aliphatic carbocycles. The van der Waals surface area contributed by atoms with Crippen molar-refractivity contribution < 1.29 is 4.74 Å². The van der Waals surface area contributed by atoms with Gasteiger partial charge in [0.25, 0.3) is 0 Å². The van der Waals surface area contributed by atoms with Gasteiger partial charge in [0.15, 0.2) is 0 Å².